The Kier molecular flexibility index (Phi) is 7.50. The Balaban J connectivity index is 0.00000225. The molecule has 0 spiro atoms. The number of hydrogen-bond donors (Lipinski definition) is 1. The normalized spacial score (nSPS) is 17.6. The van der Waals surface area contributed by atoms with E-state index in [1.165, 1.54) is 5.56 Å². The summed E-state index contributed by atoms with van der Waals surface area (Å²) in [6.07, 6.45) is 3.58. The minimum atomic E-state index is 0. The lowest BCUT2D eigenvalue weighted by molar-refractivity contribution is 0.199. The summed E-state index contributed by atoms with van der Waals surface area (Å²) in [5.41, 5.74) is 2.28. The zero-order chi connectivity index (χ0) is 16.8. The Morgan fingerprint density at radius 2 is 2.12 bits per heavy atom. The van der Waals surface area contributed by atoms with Crippen LogP contribution < -0.4 is 14.8 Å². The van der Waals surface area contributed by atoms with Crippen molar-refractivity contribution in [1.29, 1.82) is 0 Å². The lowest BCUT2D eigenvalue weighted by atomic mass is 10.1. The number of nitrogens with one attached hydrogen (secondary N) is 1. The van der Waals surface area contributed by atoms with E-state index < -0.39 is 0 Å². The summed E-state index contributed by atoms with van der Waals surface area (Å²) in [4.78, 5) is 6.58. The Labute approximate surface area is 155 Å². The molecule has 0 amide bonds. The van der Waals surface area contributed by atoms with Gasteiger partial charge in [-0.15, -0.1) is 12.4 Å². The molecular weight excluding hydrogens is 338 g/mol. The second kappa shape index (κ2) is 9.61. The van der Waals surface area contributed by atoms with E-state index in [0.717, 1.165) is 43.2 Å². The molecule has 1 fully saturated rings. The van der Waals surface area contributed by atoms with Gasteiger partial charge in [-0.05, 0) is 30.7 Å². The maximum absolute atomic E-state index is 5.97. The second-order valence-corrected chi connectivity index (χ2v) is 6.23. The van der Waals surface area contributed by atoms with Gasteiger partial charge in [0.1, 0.15) is 6.61 Å². The molecule has 2 aromatic rings. The minimum absolute atomic E-state index is 0. The van der Waals surface area contributed by atoms with Gasteiger partial charge in [-0.1, -0.05) is 12.1 Å². The summed E-state index contributed by atoms with van der Waals surface area (Å²) >= 11 is 0. The molecule has 0 unspecified atom stereocenters. The van der Waals surface area contributed by atoms with Crippen LogP contribution in [0.2, 0.25) is 0 Å². The van der Waals surface area contributed by atoms with E-state index in [1.807, 2.05) is 24.4 Å². The molecule has 1 N–H and O–H groups in total. The van der Waals surface area contributed by atoms with Crippen LogP contribution in [0.1, 0.15) is 18.1 Å². The van der Waals surface area contributed by atoms with Crippen molar-refractivity contribution in [3.05, 3.63) is 53.9 Å². The predicted octanol–water partition coefficient (Wildman–Crippen LogP) is 2.88. The third-order valence-corrected chi connectivity index (χ3v) is 4.20. The summed E-state index contributed by atoms with van der Waals surface area (Å²) in [6.45, 7) is 6.82. The van der Waals surface area contributed by atoms with Crippen molar-refractivity contribution in [3.8, 4) is 11.5 Å². The maximum Gasteiger partial charge on any atom is 0.161 e. The highest BCUT2D eigenvalue weighted by Crippen LogP contribution is 2.29. The van der Waals surface area contributed by atoms with E-state index in [9.17, 15) is 0 Å². The van der Waals surface area contributed by atoms with Crippen molar-refractivity contribution < 1.29 is 9.47 Å². The molecule has 5 nitrogen and oxygen atoms in total. The molecular formula is C19H26ClN3O2. The minimum Gasteiger partial charge on any atom is -0.493 e. The monoisotopic (exact) mass is 363 g/mol. The fraction of sp³-hybridized carbons (Fsp3) is 0.421. The van der Waals surface area contributed by atoms with E-state index in [1.54, 1.807) is 13.3 Å². The molecule has 1 aromatic carbocycles. The number of aromatic nitrogens is 1. The number of ether oxygens (including phenoxy) is 2. The largest absolute Gasteiger partial charge is 0.493 e. The number of halogens is 1. The van der Waals surface area contributed by atoms with Crippen LogP contribution in [0.3, 0.4) is 0 Å². The number of methoxy groups -OCH3 is 1. The maximum atomic E-state index is 5.97. The highest BCUT2D eigenvalue weighted by atomic mass is 35.5. The van der Waals surface area contributed by atoms with Gasteiger partial charge in [0.05, 0.1) is 7.11 Å². The van der Waals surface area contributed by atoms with Crippen LogP contribution in [0.5, 0.6) is 11.5 Å². The predicted molar refractivity (Wildman–Crippen MR) is 102 cm³/mol. The van der Waals surface area contributed by atoms with Crippen LogP contribution in [-0.2, 0) is 13.2 Å². The Morgan fingerprint density at radius 3 is 2.84 bits per heavy atom. The summed E-state index contributed by atoms with van der Waals surface area (Å²) < 4.78 is 11.4. The summed E-state index contributed by atoms with van der Waals surface area (Å²) in [5, 5.41) is 3.47. The zero-order valence-corrected chi connectivity index (χ0v) is 15.6. The lowest BCUT2D eigenvalue weighted by Gasteiger charge is -2.31. The fourth-order valence-corrected chi connectivity index (χ4v) is 2.99. The number of nitrogens with zero attached hydrogens (tertiary/aromatic N) is 2. The van der Waals surface area contributed by atoms with Crippen LogP contribution >= 0.6 is 12.4 Å². The van der Waals surface area contributed by atoms with E-state index in [4.69, 9.17) is 9.47 Å². The summed E-state index contributed by atoms with van der Waals surface area (Å²) in [5.74, 6) is 1.54. The highest BCUT2D eigenvalue weighted by molar-refractivity contribution is 5.85. The van der Waals surface area contributed by atoms with Crippen LogP contribution in [0.25, 0.3) is 0 Å². The van der Waals surface area contributed by atoms with E-state index >= 15 is 0 Å². The summed E-state index contributed by atoms with van der Waals surface area (Å²) in [7, 11) is 1.67. The number of benzene rings is 1. The second-order valence-electron chi connectivity index (χ2n) is 6.23. The molecule has 1 atom stereocenters. The quantitative estimate of drug-likeness (QED) is 0.855. The summed E-state index contributed by atoms with van der Waals surface area (Å²) in [6, 6.07) is 10.6. The number of hydrogen-bond acceptors (Lipinski definition) is 5. The van der Waals surface area contributed by atoms with Gasteiger partial charge in [0.15, 0.2) is 11.5 Å². The van der Waals surface area contributed by atoms with Gasteiger partial charge in [0.2, 0.25) is 0 Å². The molecule has 136 valence electrons. The van der Waals surface area contributed by atoms with Crippen molar-refractivity contribution in [2.45, 2.75) is 26.1 Å². The molecule has 0 aliphatic carbocycles. The van der Waals surface area contributed by atoms with Gasteiger partial charge >= 0.3 is 0 Å². The van der Waals surface area contributed by atoms with Gasteiger partial charge in [0, 0.05) is 50.2 Å². The van der Waals surface area contributed by atoms with Crippen LogP contribution in [0.4, 0.5) is 0 Å². The van der Waals surface area contributed by atoms with Gasteiger partial charge in [-0.2, -0.15) is 0 Å². The average Bonchev–Trinajstić information content (AvgIpc) is 2.61. The lowest BCUT2D eigenvalue weighted by Crippen LogP contribution is -2.48. The Morgan fingerprint density at radius 1 is 1.24 bits per heavy atom. The van der Waals surface area contributed by atoms with Crippen LogP contribution in [-0.4, -0.2) is 42.7 Å². The molecule has 1 aromatic heterocycles. The third kappa shape index (κ3) is 5.59. The molecule has 1 saturated heterocycles. The van der Waals surface area contributed by atoms with Crippen molar-refractivity contribution in [2.75, 3.05) is 26.7 Å². The smallest absolute Gasteiger partial charge is 0.161 e. The highest BCUT2D eigenvalue weighted by Gasteiger charge is 2.16. The number of pyridine rings is 1. The van der Waals surface area contributed by atoms with Crippen molar-refractivity contribution in [1.82, 2.24) is 15.2 Å². The molecule has 2 heterocycles. The van der Waals surface area contributed by atoms with Crippen LogP contribution in [0, 0.1) is 0 Å². The Hall–Kier alpha value is -1.82. The molecule has 25 heavy (non-hydrogen) atoms. The molecule has 0 bridgehead atoms. The van der Waals surface area contributed by atoms with Crippen molar-refractivity contribution in [3.63, 3.8) is 0 Å². The Bertz CT molecular complexity index is 654. The average molecular weight is 364 g/mol. The SMILES string of the molecule is COc1ccc(CN2CCN[C@@H](C)C2)cc1OCc1cccnc1.Cl. The van der Waals surface area contributed by atoms with Gasteiger partial charge in [0.25, 0.3) is 0 Å². The molecule has 6 heteroatoms. The molecule has 0 radical (unpaired) electrons. The zero-order valence-electron chi connectivity index (χ0n) is 14.8. The van der Waals surface area contributed by atoms with E-state index in [-0.39, 0.29) is 12.4 Å². The number of rotatable bonds is 6. The van der Waals surface area contributed by atoms with E-state index in [2.05, 4.69) is 34.3 Å². The number of piperazine rings is 1. The first-order valence-corrected chi connectivity index (χ1v) is 8.39. The van der Waals surface area contributed by atoms with Crippen LogP contribution in [0.15, 0.2) is 42.7 Å². The topological polar surface area (TPSA) is 46.6 Å². The first kappa shape index (κ1) is 19.5. The molecule has 1 aliphatic rings. The first-order chi connectivity index (χ1) is 11.7. The fourth-order valence-electron chi connectivity index (χ4n) is 2.99. The molecule has 1 aliphatic heterocycles. The van der Waals surface area contributed by atoms with Crippen molar-refractivity contribution in [2.24, 2.45) is 0 Å². The van der Waals surface area contributed by atoms with Gasteiger partial charge in [-0.25, -0.2) is 0 Å². The van der Waals surface area contributed by atoms with Crippen molar-refractivity contribution >= 4 is 12.4 Å². The third-order valence-electron chi connectivity index (χ3n) is 4.20. The van der Waals surface area contributed by atoms with Gasteiger partial charge < -0.3 is 14.8 Å². The van der Waals surface area contributed by atoms with Gasteiger partial charge in [-0.3, -0.25) is 9.88 Å². The standard InChI is InChI=1S/C19H25N3O2.ClH/c1-15-12-22(9-8-21-15)13-16-5-6-18(23-2)19(10-16)24-14-17-4-3-7-20-11-17;/h3-7,10-11,15,21H,8-9,12-14H2,1-2H3;1H/t15-;/m0./s1. The molecule has 3 rings (SSSR count). The first-order valence-electron chi connectivity index (χ1n) is 8.39. The molecule has 0 saturated carbocycles. The van der Waals surface area contributed by atoms with E-state index in [0.29, 0.717) is 12.6 Å².